The summed E-state index contributed by atoms with van der Waals surface area (Å²) in [7, 11) is 0. The van der Waals surface area contributed by atoms with Gasteiger partial charge in [-0.25, -0.2) is 14.3 Å². The number of carboxylic acids is 1. The van der Waals surface area contributed by atoms with Crippen molar-refractivity contribution in [3.8, 4) is 11.3 Å². The van der Waals surface area contributed by atoms with Crippen LogP contribution in [0.5, 0.6) is 0 Å². The highest BCUT2D eigenvalue weighted by molar-refractivity contribution is 5.96. The maximum Gasteiger partial charge on any atom is 0.408 e. The molecule has 2 fully saturated rings. The van der Waals surface area contributed by atoms with Gasteiger partial charge in [-0.2, -0.15) is 0 Å². The maximum absolute atomic E-state index is 14.3. The third-order valence-corrected chi connectivity index (χ3v) is 8.60. The molecule has 3 N–H and O–H groups in total. The normalized spacial score (nSPS) is 23.8. The molecule has 2 aromatic rings. The van der Waals surface area contributed by atoms with E-state index >= 15 is 0 Å². The summed E-state index contributed by atoms with van der Waals surface area (Å²) in [5.74, 6) is -2.66. The van der Waals surface area contributed by atoms with E-state index < -0.39 is 64.5 Å². The minimum Gasteiger partial charge on any atom is -0.479 e. The third kappa shape index (κ3) is 7.42. The monoisotopic (exact) mass is 636 g/mol. The summed E-state index contributed by atoms with van der Waals surface area (Å²) in [6.45, 7) is 20.8. The van der Waals surface area contributed by atoms with Gasteiger partial charge in [0.2, 0.25) is 11.8 Å². The highest BCUT2D eigenvalue weighted by Gasteiger charge is 2.61. The van der Waals surface area contributed by atoms with E-state index in [1.165, 1.54) is 16.5 Å². The molecule has 1 aliphatic heterocycles. The molecule has 0 spiro atoms. The molecule has 1 saturated heterocycles. The zero-order valence-corrected chi connectivity index (χ0v) is 28.4. The molecule has 1 aromatic heterocycles. The molecule has 2 aliphatic rings. The van der Waals surface area contributed by atoms with Crippen molar-refractivity contribution in [1.82, 2.24) is 30.5 Å². The van der Waals surface area contributed by atoms with Crippen molar-refractivity contribution in [2.24, 2.45) is 11.3 Å². The Bertz CT molecular complexity index is 1500. The van der Waals surface area contributed by atoms with E-state index in [9.17, 15) is 24.3 Å². The van der Waals surface area contributed by atoms with Gasteiger partial charge in [0.05, 0.1) is 12.2 Å². The fourth-order valence-electron chi connectivity index (χ4n) is 5.78. The second-order valence-electron chi connectivity index (χ2n) is 15.6. The van der Waals surface area contributed by atoms with Gasteiger partial charge in [0.25, 0.3) is 0 Å². The van der Waals surface area contributed by atoms with Crippen molar-refractivity contribution in [3.63, 3.8) is 0 Å². The van der Waals surface area contributed by atoms with Gasteiger partial charge < -0.3 is 25.4 Å². The van der Waals surface area contributed by atoms with Gasteiger partial charge in [0.15, 0.2) is 0 Å². The first-order chi connectivity index (χ1) is 21.2. The fraction of sp³-hybridized carbons (Fsp3) is 0.588. The number of hydrogen-bond donors (Lipinski definition) is 3. The Labute approximate surface area is 270 Å². The van der Waals surface area contributed by atoms with Crippen LogP contribution in [0.3, 0.4) is 0 Å². The molecule has 46 heavy (non-hydrogen) atoms. The van der Waals surface area contributed by atoms with E-state index in [0.29, 0.717) is 5.69 Å². The van der Waals surface area contributed by atoms with Gasteiger partial charge >= 0.3 is 12.1 Å². The summed E-state index contributed by atoms with van der Waals surface area (Å²) in [6, 6.07) is 5.59. The molecule has 1 aromatic carbocycles. The highest BCUT2D eigenvalue weighted by Crippen LogP contribution is 2.45. The number of aliphatic carboxylic acids is 1. The Kier molecular flexibility index (Phi) is 9.18. The standard InChI is InChI=1S/C34H48N6O6/c1-11-21-17-34(21,29(43)44)36-27(41)25-16-23(40-19-24(37-38-40)20-12-14-22(15-13-20)31(2,3)4)18-39(25)28(42)26(32(5,6)7)35-30(45)46-33(8,9)10/h11-15,19,21,23,25-26H,1,16-18H2,2-10H3,(H,35,45)(H,36,41)(H,43,44). The molecule has 5 unspecified atom stereocenters. The number of hydrogen-bond acceptors (Lipinski definition) is 7. The van der Waals surface area contributed by atoms with Crippen molar-refractivity contribution in [1.29, 1.82) is 0 Å². The van der Waals surface area contributed by atoms with E-state index in [1.807, 2.05) is 32.9 Å². The maximum atomic E-state index is 14.3. The lowest BCUT2D eigenvalue weighted by molar-refractivity contribution is -0.146. The minimum absolute atomic E-state index is 0.000195. The average molecular weight is 637 g/mol. The van der Waals surface area contributed by atoms with Crippen LogP contribution in [0.2, 0.25) is 0 Å². The molecule has 250 valence electrons. The largest absolute Gasteiger partial charge is 0.479 e. The molecular weight excluding hydrogens is 588 g/mol. The predicted molar refractivity (Wildman–Crippen MR) is 173 cm³/mol. The molecule has 1 saturated carbocycles. The molecule has 4 rings (SSSR count). The zero-order chi connectivity index (χ0) is 34.4. The lowest BCUT2D eigenvalue weighted by Crippen LogP contribution is -2.59. The second-order valence-corrected chi connectivity index (χ2v) is 15.6. The van der Waals surface area contributed by atoms with Crippen LogP contribution in [0.1, 0.15) is 86.8 Å². The van der Waals surface area contributed by atoms with Crippen molar-refractivity contribution < 1.29 is 29.0 Å². The Balaban J connectivity index is 1.64. The lowest BCUT2D eigenvalue weighted by atomic mass is 9.85. The van der Waals surface area contributed by atoms with E-state index in [1.54, 1.807) is 31.6 Å². The topological polar surface area (TPSA) is 156 Å². The summed E-state index contributed by atoms with van der Waals surface area (Å²) in [4.78, 5) is 54.5. The number of carbonyl (C=O) groups excluding carboxylic acids is 3. The Morgan fingerprint density at radius 2 is 1.70 bits per heavy atom. The van der Waals surface area contributed by atoms with Crippen LogP contribution in [0.25, 0.3) is 11.3 Å². The number of carbonyl (C=O) groups is 4. The Morgan fingerprint density at radius 3 is 2.20 bits per heavy atom. The molecule has 3 amide bonds. The van der Waals surface area contributed by atoms with Gasteiger partial charge in [-0.15, -0.1) is 11.7 Å². The van der Waals surface area contributed by atoms with E-state index in [-0.39, 0.29) is 24.8 Å². The molecule has 12 nitrogen and oxygen atoms in total. The number of benzene rings is 1. The van der Waals surface area contributed by atoms with Gasteiger partial charge in [-0.3, -0.25) is 9.59 Å². The number of nitrogens with zero attached hydrogens (tertiary/aromatic N) is 4. The summed E-state index contributed by atoms with van der Waals surface area (Å²) >= 11 is 0. The number of alkyl carbamates (subject to hydrolysis) is 1. The third-order valence-electron chi connectivity index (χ3n) is 8.60. The minimum atomic E-state index is -1.47. The number of rotatable bonds is 8. The van der Waals surface area contributed by atoms with E-state index in [0.717, 1.165) is 5.56 Å². The van der Waals surface area contributed by atoms with Crippen LogP contribution in [0.15, 0.2) is 43.1 Å². The van der Waals surface area contributed by atoms with Gasteiger partial charge in [-0.1, -0.05) is 77.1 Å². The van der Waals surface area contributed by atoms with Crippen molar-refractivity contribution in [2.45, 2.75) is 110 Å². The average Bonchev–Trinajstić information content (AvgIpc) is 3.24. The smallest absolute Gasteiger partial charge is 0.408 e. The number of amides is 3. The van der Waals surface area contributed by atoms with Gasteiger partial charge in [0, 0.05) is 24.4 Å². The number of aromatic nitrogens is 3. The Morgan fingerprint density at radius 1 is 1.07 bits per heavy atom. The van der Waals surface area contributed by atoms with Crippen molar-refractivity contribution >= 4 is 23.9 Å². The number of carboxylic acid groups (broad SMARTS) is 1. The SMILES string of the molecule is C=CC1CC1(NC(=O)C1CC(n2cc(-c3ccc(C(C)(C)C)cc3)nn2)CN1C(=O)C(NC(=O)OC(C)(C)C)C(C)(C)C)C(=O)O. The lowest BCUT2D eigenvalue weighted by Gasteiger charge is -2.36. The number of likely N-dealkylation sites (tertiary alicyclic amines) is 1. The molecule has 0 bridgehead atoms. The number of nitrogens with one attached hydrogen (secondary N) is 2. The second kappa shape index (κ2) is 12.2. The summed E-state index contributed by atoms with van der Waals surface area (Å²) < 4.78 is 7.08. The van der Waals surface area contributed by atoms with Crippen LogP contribution in [-0.2, 0) is 24.5 Å². The first-order valence-corrected chi connectivity index (χ1v) is 15.7. The molecule has 2 heterocycles. The van der Waals surface area contributed by atoms with Crippen LogP contribution in [0.4, 0.5) is 4.79 Å². The molecule has 5 atom stereocenters. The Hall–Kier alpha value is -4.22. The number of ether oxygens (including phenoxy) is 1. The predicted octanol–water partition coefficient (Wildman–Crippen LogP) is 4.47. The molecule has 12 heteroatoms. The van der Waals surface area contributed by atoms with Crippen LogP contribution < -0.4 is 10.6 Å². The first-order valence-electron chi connectivity index (χ1n) is 15.7. The van der Waals surface area contributed by atoms with E-state index in [4.69, 9.17) is 4.74 Å². The van der Waals surface area contributed by atoms with Gasteiger partial charge in [0.1, 0.15) is 28.9 Å². The van der Waals surface area contributed by atoms with Gasteiger partial charge in [-0.05, 0) is 43.6 Å². The molecule has 1 aliphatic carbocycles. The van der Waals surface area contributed by atoms with Crippen molar-refractivity contribution in [3.05, 3.63) is 48.7 Å². The van der Waals surface area contributed by atoms with Crippen LogP contribution in [0, 0.1) is 11.3 Å². The highest BCUT2D eigenvalue weighted by atomic mass is 16.6. The quantitative estimate of drug-likeness (QED) is 0.359. The van der Waals surface area contributed by atoms with E-state index in [2.05, 4.69) is 60.4 Å². The fourth-order valence-corrected chi connectivity index (χ4v) is 5.78. The molecule has 0 radical (unpaired) electrons. The van der Waals surface area contributed by atoms with Crippen LogP contribution in [-0.4, -0.2) is 78.6 Å². The van der Waals surface area contributed by atoms with Crippen LogP contribution >= 0.6 is 0 Å². The summed E-state index contributed by atoms with van der Waals surface area (Å²) in [5.41, 5.74) is -0.303. The summed E-state index contributed by atoms with van der Waals surface area (Å²) in [6.07, 6.45) is 2.93. The molecular formula is C34H48N6O6. The summed E-state index contributed by atoms with van der Waals surface area (Å²) in [5, 5.41) is 24.1. The first kappa shape index (κ1) is 34.6. The van der Waals surface area contributed by atoms with Crippen molar-refractivity contribution in [2.75, 3.05) is 6.54 Å². The zero-order valence-electron chi connectivity index (χ0n) is 28.4.